The van der Waals surface area contributed by atoms with Crippen LogP contribution in [0.5, 0.6) is 0 Å². The third-order valence-electron chi connectivity index (χ3n) is 5.48. The first-order chi connectivity index (χ1) is 14.9. The lowest BCUT2D eigenvalue weighted by atomic mass is 10.0. The summed E-state index contributed by atoms with van der Waals surface area (Å²) < 4.78 is 21.1. The third-order valence-corrected chi connectivity index (χ3v) is 5.48. The molecule has 0 aliphatic carbocycles. The van der Waals surface area contributed by atoms with Crippen LogP contribution in [0.15, 0.2) is 66.8 Å². The highest BCUT2D eigenvalue weighted by Crippen LogP contribution is 2.37. The molecule has 4 rings (SSSR count). The van der Waals surface area contributed by atoms with E-state index >= 15 is 0 Å². The highest BCUT2D eigenvalue weighted by atomic mass is 19.1. The molecule has 1 N–H and O–H groups in total. The van der Waals surface area contributed by atoms with Crippen LogP contribution in [0, 0.1) is 5.82 Å². The van der Waals surface area contributed by atoms with Gasteiger partial charge in [0.15, 0.2) is 0 Å². The lowest BCUT2D eigenvalue weighted by Crippen LogP contribution is -2.31. The van der Waals surface area contributed by atoms with E-state index in [0.717, 1.165) is 27.7 Å². The van der Waals surface area contributed by atoms with Crippen molar-refractivity contribution in [2.75, 3.05) is 0 Å². The first kappa shape index (κ1) is 21.1. The number of fused-ring (bicyclic) bond motifs is 1. The summed E-state index contributed by atoms with van der Waals surface area (Å²) in [4.78, 5) is 11.5. The number of nitrogens with zero attached hydrogens (tertiary/aromatic N) is 1. The zero-order valence-electron chi connectivity index (χ0n) is 17.7. The van der Waals surface area contributed by atoms with Crippen LogP contribution in [0.3, 0.4) is 0 Å². The van der Waals surface area contributed by atoms with Crippen molar-refractivity contribution in [3.8, 4) is 11.1 Å². The van der Waals surface area contributed by atoms with Gasteiger partial charge in [0.1, 0.15) is 11.9 Å². The summed E-state index contributed by atoms with van der Waals surface area (Å²) in [5.74, 6) is -0.642. The van der Waals surface area contributed by atoms with Crippen molar-refractivity contribution in [3.05, 3.63) is 78.3 Å². The van der Waals surface area contributed by atoms with E-state index in [2.05, 4.69) is 30.5 Å². The zero-order chi connectivity index (χ0) is 22.0. The Kier molecular flexibility index (Phi) is 6.05. The van der Waals surface area contributed by atoms with Crippen LogP contribution in [0.25, 0.3) is 28.1 Å². The second kappa shape index (κ2) is 8.90. The summed E-state index contributed by atoms with van der Waals surface area (Å²) in [7, 11) is 0. The summed E-state index contributed by atoms with van der Waals surface area (Å²) in [6.07, 6.45) is 6.94. The Morgan fingerprint density at radius 2 is 1.87 bits per heavy atom. The molecular weight excluding hydrogens is 393 g/mol. The predicted molar refractivity (Wildman–Crippen MR) is 121 cm³/mol. The molecule has 0 amide bonds. The van der Waals surface area contributed by atoms with Gasteiger partial charge in [-0.1, -0.05) is 42.5 Å². The molecule has 4 nitrogen and oxygen atoms in total. The zero-order valence-corrected chi connectivity index (χ0v) is 17.7. The number of aliphatic hydroxyl groups excluding tert-OH is 1. The highest BCUT2D eigenvalue weighted by molar-refractivity contribution is 6.01. The Bertz CT molecular complexity index is 1140. The van der Waals surface area contributed by atoms with Crippen LogP contribution in [0.1, 0.15) is 38.4 Å². The van der Waals surface area contributed by atoms with Gasteiger partial charge in [0.25, 0.3) is 0 Å². The SMILES string of the molecule is CC(C)n1c(/C=C/C=C/[C@@H]2C[C@@H](O)CC(=O)O2)c(-c2ccc(F)cc2)c2ccccc21. The molecular formula is C26H26FNO3. The summed E-state index contributed by atoms with van der Waals surface area (Å²) in [5, 5.41) is 10.9. The average molecular weight is 419 g/mol. The van der Waals surface area contributed by atoms with E-state index in [1.807, 2.05) is 30.4 Å². The van der Waals surface area contributed by atoms with Gasteiger partial charge in [-0.2, -0.15) is 0 Å². The van der Waals surface area contributed by atoms with Gasteiger partial charge in [-0.15, -0.1) is 0 Å². The molecule has 1 aliphatic heterocycles. The Hall–Kier alpha value is -3.18. The van der Waals surface area contributed by atoms with Crippen molar-refractivity contribution in [3.63, 3.8) is 0 Å². The fourth-order valence-electron chi connectivity index (χ4n) is 4.18. The third kappa shape index (κ3) is 4.47. The summed E-state index contributed by atoms with van der Waals surface area (Å²) >= 11 is 0. The monoisotopic (exact) mass is 419 g/mol. The maximum atomic E-state index is 13.5. The first-order valence-corrected chi connectivity index (χ1v) is 10.6. The van der Waals surface area contributed by atoms with Gasteiger partial charge in [0.05, 0.1) is 12.5 Å². The summed E-state index contributed by atoms with van der Waals surface area (Å²) in [5.41, 5.74) is 4.14. The van der Waals surface area contributed by atoms with E-state index in [4.69, 9.17) is 4.74 Å². The molecule has 160 valence electrons. The number of carbonyl (C=O) groups excluding carboxylic acids is 1. The summed E-state index contributed by atoms with van der Waals surface area (Å²) in [6.45, 7) is 4.27. The Morgan fingerprint density at radius 3 is 2.58 bits per heavy atom. The van der Waals surface area contributed by atoms with Gasteiger partial charge in [-0.3, -0.25) is 4.79 Å². The number of ether oxygens (including phenoxy) is 1. The fourth-order valence-corrected chi connectivity index (χ4v) is 4.18. The number of para-hydroxylation sites is 1. The maximum absolute atomic E-state index is 13.5. The van der Waals surface area contributed by atoms with Crippen LogP contribution < -0.4 is 0 Å². The number of aliphatic hydroxyl groups is 1. The number of rotatable bonds is 5. The minimum atomic E-state index is -0.659. The second-order valence-corrected chi connectivity index (χ2v) is 8.11. The number of carbonyl (C=O) groups is 1. The Labute approximate surface area is 181 Å². The van der Waals surface area contributed by atoms with E-state index in [9.17, 15) is 14.3 Å². The van der Waals surface area contributed by atoms with E-state index in [1.165, 1.54) is 12.1 Å². The van der Waals surface area contributed by atoms with E-state index in [0.29, 0.717) is 6.42 Å². The number of hydrogen-bond donors (Lipinski definition) is 1. The maximum Gasteiger partial charge on any atom is 0.309 e. The molecule has 2 heterocycles. The Balaban J connectivity index is 1.75. The molecule has 0 bridgehead atoms. The number of cyclic esters (lactones) is 1. The standard InChI is InChI=1S/C26H26FNO3/c1-17(2)28-23-9-6-4-8-22(23)26(18-11-13-19(27)14-12-18)24(28)10-5-3-7-21-15-20(29)16-25(30)31-21/h3-14,17,20-21,29H,15-16H2,1-2H3/b7-3+,10-5+/t20-,21-/m1/s1. The van der Waals surface area contributed by atoms with Gasteiger partial charge in [-0.25, -0.2) is 4.39 Å². The van der Waals surface area contributed by atoms with Gasteiger partial charge >= 0.3 is 5.97 Å². The predicted octanol–water partition coefficient (Wildman–Crippen LogP) is 5.66. The van der Waals surface area contributed by atoms with Crippen LogP contribution in [0.2, 0.25) is 0 Å². The second-order valence-electron chi connectivity index (χ2n) is 8.11. The average Bonchev–Trinajstić information content (AvgIpc) is 3.05. The van der Waals surface area contributed by atoms with Crippen LogP contribution in [-0.2, 0) is 9.53 Å². The molecule has 5 heteroatoms. The number of benzene rings is 2. The molecule has 1 saturated heterocycles. The molecule has 1 aliphatic rings. The number of allylic oxidation sites excluding steroid dienone is 2. The van der Waals surface area contributed by atoms with Crippen LogP contribution >= 0.6 is 0 Å². The molecule has 2 atom stereocenters. The van der Waals surface area contributed by atoms with Gasteiger partial charge < -0.3 is 14.4 Å². The minimum absolute atomic E-state index is 0.0513. The number of hydrogen-bond acceptors (Lipinski definition) is 3. The molecule has 0 radical (unpaired) electrons. The van der Waals surface area contributed by atoms with E-state index < -0.39 is 12.2 Å². The molecule has 2 aromatic carbocycles. The van der Waals surface area contributed by atoms with E-state index in [1.54, 1.807) is 18.2 Å². The van der Waals surface area contributed by atoms with Crippen molar-refractivity contribution >= 4 is 22.9 Å². The Morgan fingerprint density at radius 1 is 1.13 bits per heavy atom. The quantitative estimate of drug-likeness (QED) is 0.429. The van der Waals surface area contributed by atoms with Crippen molar-refractivity contribution in [1.29, 1.82) is 0 Å². The van der Waals surface area contributed by atoms with Crippen molar-refractivity contribution in [2.45, 2.75) is 44.9 Å². The molecule has 31 heavy (non-hydrogen) atoms. The molecule has 0 unspecified atom stereocenters. The molecule has 0 spiro atoms. The molecule has 1 fully saturated rings. The smallest absolute Gasteiger partial charge is 0.309 e. The topological polar surface area (TPSA) is 51.5 Å². The molecule has 1 aromatic heterocycles. The van der Waals surface area contributed by atoms with Crippen molar-refractivity contribution < 1.29 is 19.0 Å². The number of esters is 1. The van der Waals surface area contributed by atoms with Gasteiger partial charge in [0, 0.05) is 34.6 Å². The normalized spacial score (nSPS) is 19.7. The van der Waals surface area contributed by atoms with Crippen molar-refractivity contribution in [1.82, 2.24) is 4.57 Å². The lowest BCUT2D eigenvalue weighted by Gasteiger charge is -2.23. The van der Waals surface area contributed by atoms with Crippen LogP contribution in [-0.4, -0.2) is 27.9 Å². The van der Waals surface area contributed by atoms with Gasteiger partial charge in [0.2, 0.25) is 0 Å². The van der Waals surface area contributed by atoms with Gasteiger partial charge in [-0.05, 0) is 49.8 Å². The first-order valence-electron chi connectivity index (χ1n) is 10.6. The summed E-state index contributed by atoms with van der Waals surface area (Å²) in [6, 6.07) is 15.0. The highest BCUT2D eigenvalue weighted by Gasteiger charge is 2.25. The minimum Gasteiger partial charge on any atom is -0.458 e. The lowest BCUT2D eigenvalue weighted by molar-refractivity contribution is -0.156. The van der Waals surface area contributed by atoms with Crippen molar-refractivity contribution in [2.24, 2.45) is 0 Å². The molecule has 3 aromatic rings. The number of aromatic nitrogens is 1. The van der Waals surface area contributed by atoms with E-state index in [-0.39, 0.29) is 24.2 Å². The largest absolute Gasteiger partial charge is 0.458 e. The van der Waals surface area contributed by atoms with Crippen LogP contribution in [0.4, 0.5) is 4.39 Å². The fraction of sp³-hybridized carbons (Fsp3) is 0.269. The molecule has 0 saturated carbocycles. The number of halogens is 1.